The summed E-state index contributed by atoms with van der Waals surface area (Å²) in [5, 5.41) is 11.1. The van der Waals surface area contributed by atoms with Gasteiger partial charge in [-0.1, -0.05) is 25.7 Å². The summed E-state index contributed by atoms with van der Waals surface area (Å²) in [6, 6.07) is 0. The molecule has 0 radical (unpaired) electrons. The van der Waals surface area contributed by atoms with Crippen molar-refractivity contribution in [2.24, 2.45) is 5.92 Å². The Hall–Kier alpha value is -0.650. The molecule has 2 rings (SSSR count). The number of hydrogen-bond acceptors (Lipinski definition) is 5. The molecule has 1 aliphatic carbocycles. The zero-order chi connectivity index (χ0) is 20.6. The Balaban J connectivity index is 1.98. The fourth-order valence-corrected chi connectivity index (χ4v) is 4.96. The molecule has 0 bridgehead atoms. The van der Waals surface area contributed by atoms with Gasteiger partial charge in [-0.3, -0.25) is 9.63 Å². The predicted molar refractivity (Wildman–Crippen MR) is 112 cm³/mol. The zero-order valence-electron chi connectivity index (χ0n) is 18.7. The number of carbonyl (C=O) groups is 1. The average Bonchev–Trinajstić information content (AvgIpc) is 2.64. The van der Waals surface area contributed by atoms with Crippen LogP contribution in [0.4, 0.5) is 0 Å². The van der Waals surface area contributed by atoms with Crippen LogP contribution in [-0.4, -0.2) is 46.5 Å². The van der Waals surface area contributed by atoms with Crippen molar-refractivity contribution < 1.29 is 19.5 Å². The van der Waals surface area contributed by atoms with Gasteiger partial charge in [0.25, 0.3) is 0 Å². The van der Waals surface area contributed by atoms with Crippen LogP contribution in [0.1, 0.15) is 105 Å². The summed E-state index contributed by atoms with van der Waals surface area (Å²) in [7, 11) is 0. The van der Waals surface area contributed by atoms with Crippen LogP contribution < -0.4 is 0 Å². The number of piperidine rings is 1. The molecule has 0 aromatic carbocycles. The fourth-order valence-electron chi connectivity index (χ4n) is 4.96. The summed E-state index contributed by atoms with van der Waals surface area (Å²) >= 11 is 0. The van der Waals surface area contributed by atoms with Gasteiger partial charge in [-0.15, -0.1) is 0 Å². The molecule has 2 fully saturated rings. The van der Waals surface area contributed by atoms with Crippen LogP contribution >= 0.6 is 0 Å². The molecule has 0 spiro atoms. The van der Waals surface area contributed by atoms with Crippen molar-refractivity contribution in [3.05, 3.63) is 0 Å². The van der Waals surface area contributed by atoms with E-state index in [4.69, 9.17) is 14.7 Å². The van der Waals surface area contributed by atoms with Gasteiger partial charge in [-0.2, -0.15) is 5.06 Å². The number of hydrogen-bond donors (Lipinski definition) is 1. The van der Waals surface area contributed by atoms with E-state index in [1.165, 1.54) is 25.7 Å². The Labute approximate surface area is 172 Å². The maximum Gasteiger partial charge on any atom is 0.305 e. The van der Waals surface area contributed by atoms with Crippen LogP contribution in [0.25, 0.3) is 0 Å². The predicted octanol–water partition coefficient (Wildman–Crippen LogP) is 5.01. The summed E-state index contributed by atoms with van der Waals surface area (Å²) < 4.78 is 5.66. The van der Waals surface area contributed by atoms with Crippen LogP contribution in [0, 0.1) is 5.92 Å². The molecule has 0 aromatic rings. The number of hydroxylamine groups is 2. The van der Waals surface area contributed by atoms with Crippen LogP contribution in [-0.2, 0) is 14.4 Å². The van der Waals surface area contributed by atoms with Crippen molar-refractivity contribution in [1.29, 1.82) is 0 Å². The molecule has 0 amide bonds. The molecule has 1 unspecified atom stereocenters. The standard InChI is InChI=1S/C23H43NO4/c1-22(2)15-11-16-23(3,4)24(22)28-20(19-12-7-5-8-13-19)18-27-21(26)14-9-6-10-17-25/h19-20,25H,5-18H2,1-4H3. The van der Waals surface area contributed by atoms with E-state index in [9.17, 15) is 4.79 Å². The van der Waals surface area contributed by atoms with Crippen molar-refractivity contribution >= 4 is 5.97 Å². The molecular weight excluding hydrogens is 354 g/mol. The van der Waals surface area contributed by atoms with E-state index in [1.807, 2.05) is 0 Å². The summed E-state index contributed by atoms with van der Waals surface area (Å²) in [4.78, 5) is 18.9. The molecule has 28 heavy (non-hydrogen) atoms. The van der Waals surface area contributed by atoms with E-state index >= 15 is 0 Å². The van der Waals surface area contributed by atoms with E-state index in [-0.39, 0.29) is 29.8 Å². The smallest absolute Gasteiger partial charge is 0.305 e. The molecule has 5 nitrogen and oxygen atoms in total. The number of carbonyl (C=O) groups excluding carboxylic acids is 1. The molecule has 1 saturated heterocycles. The van der Waals surface area contributed by atoms with E-state index in [0.29, 0.717) is 18.9 Å². The highest BCUT2D eigenvalue weighted by atomic mass is 16.7. The third-order valence-corrected chi connectivity index (χ3v) is 6.54. The minimum absolute atomic E-state index is 0.0109. The van der Waals surface area contributed by atoms with Crippen LogP contribution in [0.5, 0.6) is 0 Å². The molecule has 1 saturated carbocycles. The Bertz CT molecular complexity index is 455. The second kappa shape index (κ2) is 10.9. The highest BCUT2D eigenvalue weighted by Gasteiger charge is 2.44. The van der Waals surface area contributed by atoms with Crippen LogP contribution in [0.2, 0.25) is 0 Å². The fraction of sp³-hybridized carbons (Fsp3) is 0.957. The van der Waals surface area contributed by atoms with Gasteiger partial charge >= 0.3 is 5.97 Å². The number of unbranched alkanes of at least 4 members (excludes halogenated alkanes) is 2. The van der Waals surface area contributed by atoms with Gasteiger partial charge in [-0.05, 0) is 78.6 Å². The largest absolute Gasteiger partial charge is 0.463 e. The van der Waals surface area contributed by atoms with E-state index < -0.39 is 0 Å². The van der Waals surface area contributed by atoms with Crippen molar-refractivity contribution in [3.8, 4) is 0 Å². The second-order valence-corrected chi connectivity index (χ2v) is 10.0. The van der Waals surface area contributed by atoms with Crippen molar-refractivity contribution in [2.75, 3.05) is 13.2 Å². The first kappa shape index (κ1) is 23.6. The monoisotopic (exact) mass is 397 g/mol. The molecule has 1 N–H and O–H groups in total. The van der Waals surface area contributed by atoms with Gasteiger partial charge in [-0.25, -0.2) is 0 Å². The normalized spacial score (nSPS) is 24.0. The number of esters is 1. The minimum Gasteiger partial charge on any atom is -0.463 e. The number of rotatable bonds is 10. The lowest BCUT2D eigenvalue weighted by Gasteiger charge is -2.53. The van der Waals surface area contributed by atoms with Gasteiger partial charge in [0.15, 0.2) is 0 Å². The summed E-state index contributed by atoms with van der Waals surface area (Å²) in [5.74, 6) is 0.323. The first-order valence-electron chi connectivity index (χ1n) is 11.5. The number of aliphatic hydroxyl groups excluding tert-OH is 1. The minimum atomic E-state index is -0.139. The SMILES string of the molecule is CC1(C)CCCC(C)(C)N1OC(COC(=O)CCCCCO)C1CCCCC1. The lowest BCUT2D eigenvalue weighted by atomic mass is 9.82. The van der Waals surface area contributed by atoms with E-state index in [1.54, 1.807) is 0 Å². The quantitative estimate of drug-likeness (QED) is 0.415. The molecule has 5 heteroatoms. The van der Waals surface area contributed by atoms with Crippen LogP contribution in [0.3, 0.4) is 0 Å². The maximum absolute atomic E-state index is 12.2. The maximum atomic E-state index is 12.2. The molecular formula is C23H43NO4. The molecule has 164 valence electrons. The summed E-state index contributed by atoms with van der Waals surface area (Å²) in [5.41, 5.74) is -0.0219. The van der Waals surface area contributed by atoms with Gasteiger partial charge in [0, 0.05) is 24.1 Å². The van der Waals surface area contributed by atoms with Crippen molar-refractivity contribution in [3.63, 3.8) is 0 Å². The lowest BCUT2D eigenvalue weighted by Crippen LogP contribution is -2.60. The first-order valence-corrected chi connectivity index (χ1v) is 11.5. The first-order chi connectivity index (χ1) is 13.3. The van der Waals surface area contributed by atoms with Gasteiger partial charge in [0.2, 0.25) is 0 Å². The second-order valence-electron chi connectivity index (χ2n) is 10.0. The Morgan fingerprint density at radius 3 is 2.25 bits per heavy atom. The Kier molecular flexibility index (Phi) is 9.23. The highest BCUT2D eigenvalue weighted by molar-refractivity contribution is 5.69. The third kappa shape index (κ3) is 7.00. The van der Waals surface area contributed by atoms with Gasteiger partial charge in [0.1, 0.15) is 12.7 Å². The molecule has 0 aromatic heterocycles. The topological polar surface area (TPSA) is 59.0 Å². The lowest BCUT2D eigenvalue weighted by molar-refractivity contribution is -0.318. The molecule has 1 aliphatic heterocycles. The van der Waals surface area contributed by atoms with Gasteiger partial charge < -0.3 is 9.84 Å². The number of ether oxygens (including phenoxy) is 1. The number of aliphatic hydroxyl groups is 1. The van der Waals surface area contributed by atoms with E-state index in [2.05, 4.69) is 32.8 Å². The molecule has 2 aliphatic rings. The third-order valence-electron chi connectivity index (χ3n) is 6.54. The summed E-state index contributed by atoms with van der Waals surface area (Å²) in [6.45, 7) is 9.59. The van der Waals surface area contributed by atoms with Crippen molar-refractivity contribution in [1.82, 2.24) is 5.06 Å². The highest BCUT2D eigenvalue weighted by Crippen LogP contribution is 2.40. The molecule has 1 atom stereocenters. The zero-order valence-corrected chi connectivity index (χ0v) is 18.7. The van der Waals surface area contributed by atoms with E-state index in [0.717, 1.165) is 44.9 Å². The van der Waals surface area contributed by atoms with Crippen molar-refractivity contribution in [2.45, 2.75) is 122 Å². The average molecular weight is 398 g/mol. The van der Waals surface area contributed by atoms with Gasteiger partial charge in [0.05, 0.1) is 0 Å². The Morgan fingerprint density at radius 2 is 1.64 bits per heavy atom. The Morgan fingerprint density at radius 1 is 1.00 bits per heavy atom. The molecule has 1 heterocycles. The summed E-state index contributed by atoms with van der Waals surface area (Å²) in [6.07, 6.45) is 12.3. The van der Waals surface area contributed by atoms with Crippen LogP contribution in [0.15, 0.2) is 0 Å². The number of nitrogens with zero attached hydrogens (tertiary/aromatic N) is 1.